The molecule has 15 heteroatoms. The van der Waals surface area contributed by atoms with Gasteiger partial charge in [0.15, 0.2) is 15.5 Å². The monoisotopic (exact) mass is 551 g/mol. The summed E-state index contributed by atoms with van der Waals surface area (Å²) in [6.07, 6.45) is -4.09. The Kier molecular flexibility index (Phi) is 10.0. The molecule has 1 aromatic heterocycles. The summed E-state index contributed by atoms with van der Waals surface area (Å²) in [6, 6.07) is 5.47. The molecule has 1 heterocycles. The Labute approximate surface area is 210 Å². The van der Waals surface area contributed by atoms with Crippen LogP contribution in [0.2, 0.25) is 0 Å². The Hall–Kier alpha value is -2.97. The van der Waals surface area contributed by atoms with Crippen LogP contribution in [0.3, 0.4) is 0 Å². The molecule has 0 spiro atoms. The summed E-state index contributed by atoms with van der Waals surface area (Å²) in [4.78, 5) is 18.1. The molecule has 2 aromatic rings. The average molecular weight is 552 g/mol. The van der Waals surface area contributed by atoms with Crippen molar-refractivity contribution in [2.45, 2.75) is 24.9 Å². The van der Waals surface area contributed by atoms with E-state index < -0.39 is 50.8 Å². The standard InChI is InChI=1S/C21H25ClF3N5O5S/c1-4-30(5-2)9-10-34-15(31)12-27-17(16(22)18(26)21(23,24)25)19-28-20(35-29-19)13-7-6-8-14(11-13)36(3,32)33/h6-8,11,26-27H,4-5,9-10,12H2,1-3H3/b17-16+,26-18?. The van der Waals surface area contributed by atoms with Crippen LogP contribution in [0.5, 0.6) is 0 Å². The number of esters is 1. The van der Waals surface area contributed by atoms with E-state index in [1.54, 1.807) is 0 Å². The lowest BCUT2D eigenvalue weighted by Gasteiger charge is -2.17. The van der Waals surface area contributed by atoms with E-state index >= 15 is 0 Å². The third-order valence-corrected chi connectivity index (χ3v) is 6.34. The van der Waals surface area contributed by atoms with Crippen molar-refractivity contribution >= 4 is 38.8 Å². The van der Waals surface area contributed by atoms with E-state index in [4.69, 9.17) is 26.3 Å². The first-order valence-electron chi connectivity index (χ1n) is 10.6. The first kappa shape index (κ1) is 29.3. The highest BCUT2D eigenvalue weighted by atomic mass is 35.5. The number of nitrogens with zero attached hydrogens (tertiary/aromatic N) is 3. The number of alkyl halides is 3. The van der Waals surface area contributed by atoms with Crippen molar-refractivity contribution in [1.29, 1.82) is 5.41 Å². The number of sulfone groups is 1. The van der Waals surface area contributed by atoms with Crippen LogP contribution in [0.4, 0.5) is 13.2 Å². The average Bonchev–Trinajstić information content (AvgIpc) is 3.30. The highest BCUT2D eigenvalue weighted by Crippen LogP contribution is 2.29. The molecular weight excluding hydrogens is 527 g/mol. The van der Waals surface area contributed by atoms with Crippen molar-refractivity contribution in [1.82, 2.24) is 20.4 Å². The van der Waals surface area contributed by atoms with Gasteiger partial charge in [0.05, 0.1) is 9.93 Å². The maximum atomic E-state index is 13.1. The lowest BCUT2D eigenvalue weighted by Crippen LogP contribution is -2.31. The van der Waals surface area contributed by atoms with Gasteiger partial charge in [-0.2, -0.15) is 18.2 Å². The van der Waals surface area contributed by atoms with Gasteiger partial charge in [-0.3, -0.25) is 10.2 Å². The van der Waals surface area contributed by atoms with Crippen molar-refractivity contribution in [2.24, 2.45) is 0 Å². The number of carbonyl (C=O) groups is 1. The number of carbonyl (C=O) groups excluding carboxylic acids is 1. The second-order valence-corrected chi connectivity index (χ2v) is 9.78. The summed E-state index contributed by atoms with van der Waals surface area (Å²) in [5, 5.41) is 12.2. The van der Waals surface area contributed by atoms with Crippen LogP contribution < -0.4 is 5.32 Å². The SMILES string of the molecule is CCN(CC)CCOC(=O)CN/C(=C(/Cl)C(=N)C(F)(F)F)c1noc(-c2cccc(S(C)(=O)=O)c2)n1. The fraction of sp³-hybridized carbons (Fsp3) is 0.429. The van der Waals surface area contributed by atoms with Crippen molar-refractivity contribution in [3.63, 3.8) is 0 Å². The zero-order chi connectivity index (χ0) is 27.1. The summed E-state index contributed by atoms with van der Waals surface area (Å²) >= 11 is 5.84. The molecule has 0 aliphatic carbocycles. The van der Waals surface area contributed by atoms with Crippen LogP contribution in [0.15, 0.2) is 38.7 Å². The second-order valence-electron chi connectivity index (χ2n) is 7.39. The second kappa shape index (κ2) is 12.3. The van der Waals surface area contributed by atoms with Crippen LogP contribution in [-0.2, 0) is 19.4 Å². The number of ether oxygens (including phenoxy) is 1. The number of hydrogen-bond acceptors (Lipinski definition) is 10. The van der Waals surface area contributed by atoms with Crippen molar-refractivity contribution < 1.29 is 35.6 Å². The third kappa shape index (κ3) is 8.03. The van der Waals surface area contributed by atoms with E-state index in [1.165, 1.54) is 24.3 Å². The summed E-state index contributed by atoms with van der Waals surface area (Å²) in [5.74, 6) is -1.49. The van der Waals surface area contributed by atoms with Gasteiger partial charge in [-0.1, -0.05) is 36.7 Å². The fourth-order valence-corrected chi connectivity index (χ4v) is 3.77. The van der Waals surface area contributed by atoms with E-state index in [0.29, 0.717) is 6.54 Å². The summed E-state index contributed by atoms with van der Waals surface area (Å²) in [5.41, 5.74) is -2.31. The van der Waals surface area contributed by atoms with E-state index in [1.807, 2.05) is 18.7 Å². The zero-order valence-electron chi connectivity index (χ0n) is 19.6. The molecule has 10 nitrogen and oxygen atoms in total. The number of benzene rings is 1. The quantitative estimate of drug-likeness (QED) is 0.301. The lowest BCUT2D eigenvalue weighted by atomic mass is 10.2. The normalized spacial score (nSPS) is 12.9. The predicted molar refractivity (Wildman–Crippen MR) is 126 cm³/mol. The van der Waals surface area contributed by atoms with Crippen LogP contribution in [0.1, 0.15) is 19.7 Å². The number of halogens is 4. The van der Waals surface area contributed by atoms with Crippen molar-refractivity contribution in [3.8, 4) is 11.5 Å². The van der Waals surface area contributed by atoms with Crippen LogP contribution in [-0.4, -0.2) is 80.4 Å². The Morgan fingerprint density at radius 3 is 2.53 bits per heavy atom. The van der Waals surface area contributed by atoms with Crippen molar-refractivity contribution in [2.75, 3.05) is 39.0 Å². The molecule has 0 aliphatic heterocycles. The molecule has 0 amide bonds. The van der Waals surface area contributed by atoms with Gasteiger partial charge >= 0.3 is 12.1 Å². The molecule has 0 saturated heterocycles. The minimum absolute atomic E-state index is 0.0435. The highest BCUT2D eigenvalue weighted by Gasteiger charge is 2.38. The molecule has 0 unspecified atom stereocenters. The number of allylic oxidation sites excluding steroid dienone is 1. The molecular formula is C21H25ClF3N5O5S. The molecule has 1 aromatic carbocycles. The van der Waals surface area contributed by atoms with Gasteiger partial charge in [0.25, 0.3) is 5.89 Å². The van der Waals surface area contributed by atoms with Gasteiger partial charge in [0.2, 0.25) is 5.82 Å². The number of hydrogen-bond donors (Lipinski definition) is 2. The Bertz CT molecular complexity index is 1230. The van der Waals surface area contributed by atoms with Crippen LogP contribution >= 0.6 is 11.6 Å². The van der Waals surface area contributed by atoms with Crippen molar-refractivity contribution in [3.05, 3.63) is 35.1 Å². The fourth-order valence-electron chi connectivity index (χ4n) is 2.85. The minimum atomic E-state index is -5.09. The molecule has 0 atom stereocenters. The van der Waals surface area contributed by atoms with E-state index in [-0.39, 0.29) is 23.0 Å². The molecule has 0 radical (unpaired) electrons. The molecule has 0 fully saturated rings. The van der Waals surface area contributed by atoms with E-state index in [0.717, 1.165) is 19.3 Å². The molecule has 0 bridgehead atoms. The Balaban J connectivity index is 2.30. The highest BCUT2D eigenvalue weighted by molar-refractivity contribution is 7.90. The minimum Gasteiger partial charge on any atom is -0.463 e. The number of aromatic nitrogens is 2. The molecule has 2 rings (SSSR count). The summed E-state index contributed by atoms with van der Waals surface area (Å²) < 4.78 is 73.1. The number of rotatable bonds is 12. The molecule has 0 saturated carbocycles. The van der Waals surface area contributed by atoms with Gasteiger partial charge in [-0.15, -0.1) is 0 Å². The Morgan fingerprint density at radius 1 is 1.28 bits per heavy atom. The zero-order valence-corrected chi connectivity index (χ0v) is 21.2. The summed E-state index contributed by atoms with van der Waals surface area (Å²) in [6.45, 7) is 5.33. The van der Waals surface area contributed by atoms with E-state index in [9.17, 15) is 26.4 Å². The predicted octanol–water partition coefficient (Wildman–Crippen LogP) is 3.10. The smallest absolute Gasteiger partial charge is 0.434 e. The van der Waals surface area contributed by atoms with Gasteiger partial charge in [-0.25, -0.2) is 8.42 Å². The number of likely N-dealkylation sites (N-methyl/N-ethyl adjacent to an activating group) is 1. The first-order chi connectivity index (χ1) is 16.8. The molecule has 2 N–H and O–H groups in total. The third-order valence-electron chi connectivity index (χ3n) is 4.86. The maximum absolute atomic E-state index is 13.1. The number of nitrogens with one attached hydrogen (secondary N) is 2. The van der Waals surface area contributed by atoms with Crippen LogP contribution in [0, 0.1) is 5.41 Å². The van der Waals surface area contributed by atoms with Crippen LogP contribution in [0.25, 0.3) is 17.2 Å². The first-order valence-corrected chi connectivity index (χ1v) is 12.9. The summed E-state index contributed by atoms with van der Waals surface area (Å²) in [7, 11) is -3.56. The Morgan fingerprint density at radius 2 is 1.94 bits per heavy atom. The molecule has 0 aliphatic rings. The van der Waals surface area contributed by atoms with E-state index in [2.05, 4.69) is 15.5 Å². The lowest BCUT2D eigenvalue weighted by molar-refractivity contribution is -0.142. The molecule has 36 heavy (non-hydrogen) atoms. The molecule has 198 valence electrons. The maximum Gasteiger partial charge on any atom is 0.434 e. The van der Waals surface area contributed by atoms with Gasteiger partial charge < -0.3 is 19.5 Å². The van der Waals surface area contributed by atoms with Gasteiger partial charge in [0.1, 0.15) is 18.8 Å². The topological polar surface area (TPSA) is 138 Å². The van der Waals surface area contributed by atoms with Gasteiger partial charge in [0, 0.05) is 18.4 Å². The van der Waals surface area contributed by atoms with Gasteiger partial charge in [-0.05, 0) is 31.3 Å². The largest absolute Gasteiger partial charge is 0.463 e.